The minimum absolute atomic E-state index is 0.0000210. The number of fused-ring (bicyclic) bond motifs is 1. The normalized spacial score (nSPS) is 16.8. The van der Waals surface area contributed by atoms with Gasteiger partial charge in [0.15, 0.2) is 0 Å². The number of sulfonamides is 1. The van der Waals surface area contributed by atoms with Gasteiger partial charge in [-0.1, -0.05) is 60.7 Å². The number of hydrogen-bond donors (Lipinski definition) is 3. The number of nitrogens with two attached hydrogens (primary N) is 1. The summed E-state index contributed by atoms with van der Waals surface area (Å²) in [7, 11) is -4.10. The van der Waals surface area contributed by atoms with Crippen molar-refractivity contribution in [2.24, 2.45) is 5.73 Å². The lowest BCUT2D eigenvalue weighted by Gasteiger charge is -2.19. The molecule has 44 heavy (non-hydrogen) atoms. The second-order valence-electron chi connectivity index (χ2n) is 10.8. The van der Waals surface area contributed by atoms with E-state index in [9.17, 15) is 22.8 Å². The van der Waals surface area contributed by atoms with E-state index < -0.39 is 28.1 Å². The van der Waals surface area contributed by atoms with Crippen molar-refractivity contribution < 1.29 is 22.8 Å². The van der Waals surface area contributed by atoms with Crippen LogP contribution in [0.15, 0.2) is 108 Å². The van der Waals surface area contributed by atoms with Crippen LogP contribution in [0, 0.1) is 0 Å². The van der Waals surface area contributed by atoms with E-state index in [1.54, 1.807) is 41.3 Å². The molecule has 2 heterocycles. The van der Waals surface area contributed by atoms with Crippen molar-refractivity contribution in [3.05, 3.63) is 125 Å². The van der Waals surface area contributed by atoms with Gasteiger partial charge in [-0.2, -0.15) is 0 Å². The highest BCUT2D eigenvalue weighted by molar-refractivity contribution is 7.89. The summed E-state index contributed by atoms with van der Waals surface area (Å²) in [5.41, 5.74) is 10.1. The second kappa shape index (κ2) is 11.9. The van der Waals surface area contributed by atoms with Crippen molar-refractivity contribution in [2.75, 3.05) is 23.3 Å². The van der Waals surface area contributed by atoms with Crippen LogP contribution in [0.25, 0.3) is 0 Å². The van der Waals surface area contributed by atoms with Gasteiger partial charge in [0.05, 0.1) is 23.5 Å². The predicted molar refractivity (Wildman–Crippen MR) is 167 cm³/mol. The molecule has 1 saturated heterocycles. The first-order chi connectivity index (χ1) is 21.2. The van der Waals surface area contributed by atoms with E-state index in [1.165, 1.54) is 6.07 Å². The monoisotopic (exact) mass is 609 g/mol. The number of hydrogen-bond acceptors (Lipinski definition) is 6. The Hall–Kier alpha value is -5.00. The van der Waals surface area contributed by atoms with Gasteiger partial charge in [-0.15, -0.1) is 0 Å². The van der Waals surface area contributed by atoms with E-state index >= 15 is 0 Å². The fourth-order valence-electron chi connectivity index (χ4n) is 5.52. The number of nitrogens with one attached hydrogen (secondary N) is 2. The number of carbonyl (C=O) groups excluding carboxylic acids is 3. The van der Waals surface area contributed by atoms with Crippen LogP contribution in [0.5, 0.6) is 0 Å². The zero-order valence-corrected chi connectivity index (χ0v) is 24.5. The molecular weight excluding hydrogens is 578 g/mol. The minimum Gasteiger partial charge on any atom is -0.328 e. The third-order valence-corrected chi connectivity index (χ3v) is 9.63. The molecule has 10 nitrogen and oxygen atoms in total. The molecule has 2 atom stereocenters. The van der Waals surface area contributed by atoms with Crippen LogP contribution in [0.1, 0.15) is 33.1 Å². The van der Waals surface area contributed by atoms with Crippen molar-refractivity contribution in [1.29, 1.82) is 0 Å². The number of rotatable bonds is 8. The topological polar surface area (TPSA) is 142 Å². The summed E-state index contributed by atoms with van der Waals surface area (Å²) in [5.74, 6) is -0.572. The first-order valence-corrected chi connectivity index (χ1v) is 15.7. The Balaban J connectivity index is 1.11. The average molecular weight is 610 g/mol. The molecule has 0 radical (unpaired) electrons. The van der Waals surface area contributed by atoms with Crippen molar-refractivity contribution >= 4 is 39.2 Å². The van der Waals surface area contributed by atoms with E-state index in [0.29, 0.717) is 41.9 Å². The second-order valence-corrected chi connectivity index (χ2v) is 12.7. The maximum atomic E-state index is 13.4. The first kappa shape index (κ1) is 29.1. The molecule has 6 rings (SSSR count). The van der Waals surface area contributed by atoms with Crippen molar-refractivity contribution in [3.63, 3.8) is 0 Å². The lowest BCUT2D eigenvalue weighted by atomic mass is 10.1. The number of nitrogens with zero attached hydrogens (tertiary/aromatic N) is 2. The third kappa shape index (κ3) is 5.79. The summed E-state index contributed by atoms with van der Waals surface area (Å²) < 4.78 is 27.8. The quantitative estimate of drug-likeness (QED) is 0.277. The van der Waals surface area contributed by atoms with Crippen LogP contribution in [0.3, 0.4) is 0 Å². The van der Waals surface area contributed by atoms with E-state index in [1.807, 2.05) is 60.7 Å². The summed E-state index contributed by atoms with van der Waals surface area (Å²) in [5, 5.41) is 5.54. The van der Waals surface area contributed by atoms with Crippen LogP contribution >= 0.6 is 0 Å². The van der Waals surface area contributed by atoms with Crippen LogP contribution in [0.2, 0.25) is 0 Å². The molecule has 0 spiro atoms. The summed E-state index contributed by atoms with van der Waals surface area (Å²) in [6, 6.07) is 28.0. The van der Waals surface area contributed by atoms with Gasteiger partial charge < -0.3 is 21.3 Å². The summed E-state index contributed by atoms with van der Waals surface area (Å²) >= 11 is 0. The van der Waals surface area contributed by atoms with Gasteiger partial charge in [0.1, 0.15) is 0 Å². The number of anilines is 2. The van der Waals surface area contributed by atoms with E-state index in [-0.39, 0.29) is 23.3 Å². The minimum atomic E-state index is -4.10. The van der Waals surface area contributed by atoms with Crippen molar-refractivity contribution in [1.82, 2.24) is 9.62 Å². The Bertz CT molecular complexity index is 1810. The fraction of sp³-hybridized carbons (Fsp3) is 0.182. The zero-order chi connectivity index (χ0) is 30.8. The highest BCUT2D eigenvalue weighted by atomic mass is 32.2. The summed E-state index contributed by atoms with van der Waals surface area (Å²) in [6.07, 6.45) is 0.872. The predicted octanol–water partition coefficient (Wildman–Crippen LogP) is 3.85. The van der Waals surface area contributed by atoms with E-state index in [2.05, 4.69) is 10.6 Å². The first-order valence-electron chi connectivity index (χ1n) is 14.2. The highest BCUT2D eigenvalue weighted by Gasteiger charge is 2.39. The molecule has 0 aliphatic carbocycles. The van der Waals surface area contributed by atoms with Gasteiger partial charge >= 0.3 is 6.03 Å². The van der Waals surface area contributed by atoms with Crippen molar-refractivity contribution in [2.45, 2.75) is 29.8 Å². The number of urea groups is 1. The summed E-state index contributed by atoms with van der Waals surface area (Å²) in [4.78, 5) is 40.2. The smallest absolute Gasteiger partial charge is 0.328 e. The molecule has 0 aromatic heterocycles. The zero-order valence-electron chi connectivity index (χ0n) is 23.7. The Morgan fingerprint density at radius 3 is 2.32 bits per heavy atom. The summed E-state index contributed by atoms with van der Waals surface area (Å²) in [6.45, 7) is 0.368. The molecular formula is C33H31N5O5S. The molecule has 4 N–H and O–H groups in total. The van der Waals surface area contributed by atoms with E-state index in [4.69, 9.17) is 5.73 Å². The molecule has 2 unspecified atom stereocenters. The van der Waals surface area contributed by atoms with Gasteiger partial charge in [-0.25, -0.2) is 17.5 Å². The molecule has 0 bridgehead atoms. The Morgan fingerprint density at radius 1 is 0.932 bits per heavy atom. The Labute approximate surface area is 255 Å². The molecule has 224 valence electrons. The van der Waals surface area contributed by atoms with Gasteiger partial charge in [0.2, 0.25) is 5.91 Å². The fourth-order valence-corrected chi connectivity index (χ4v) is 6.92. The number of benzene rings is 4. The molecule has 0 saturated carbocycles. The van der Waals surface area contributed by atoms with Crippen LogP contribution in [-0.4, -0.2) is 49.7 Å². The maximum Gasteiger partial charge on any atom is 0.331 e. The molecule has 4 aromatic rings. The molecule has 4 amide bonds. The SMILES string of the molecule is NC(Cc1ccccc1)C(=O)Nc1ccc(C(=O)N2CCc3cc(S(=O)(=O)N4CC(c5ccccc5)NC4=O)ccc32)cc1. The van der Waals surface area contributed by atoms with Gasteiger partial charge in [-0.05, 0) is 72.0 Å². The number of amides is 4. The van der Waals surface area contributed by atoms with Gasteiger partial charge in [0, 0.05) is 23.5 Å². The molecule has 11 heteroatoms. The lowest BCUT2D eigenvalue weighted by Crippen LogP contribution is -2.37. The molecule has 2 aliphatic heterocycles. The van der Waals surface area contributed by atoms with Crippen LogP contribution in [0.4, 0.5) is 16.2 Å². The Kier molecular flexibility index (Phi) is 7.90. The molecule has 2 aliphatic rings. The van der Waals surface area contributed by atoms with Gasteiger partial charge in [0.25, 0.3) is 15.9 Å². The molecule has 4 aromatic carbocycles. The maximum absolute atomic E-state index is 13.4. The Morgan fingerprint density at radius 2 is 1.61 bits per heavy atom. The molecule has 1 fully saturated rings. The lowest BCUT2D eigenvalue weighted by molar-refractivity contribution is -0.117. The van der Waals surface area contributed by atoms with E-state index in [0.717, 1.165) is 15.4 Å². The average Bonchev–Trinajstić information content (AvgIpc) is 3.65. The van der Waals surface area contributed by atoms with Crippen LogP contribution in [-0.2, 0) is 27.7 Å². The highest BCUT2D eigenvalue weighted by Crippen LogP contribution is 2.33. The van der Waals surface area contributed by atoms with Gasteiger partial charge in [-0.3, -0.25) is 9.59 Å². The largest absolute Gasteiger partial charge is 0.331 e. The van der Waals surface area contributed by atoms with Crippen LogP contribution < -0.4 is 21.3 Å². The van der Waals surface area contributed by atoms with Crippen molar-refractivity contribution in [3.8, 4) is 0 Å². The number of carbonyl (C=O) groups is 3. The standard InChI is InChI=1S/C33H31N5O5S/c34-28(19-22-7-3-1-4-8-22)31(39)35-26-13-11-24(12-14-26)32(40)37-18-17-25-20-27(15-16-30(25)37)44(42,43)38-21-29(36-33(38)41)23-9-5-2-6-10-23/h1-16,20,28-29H,17-19,21,34H2,(H,35,39)(H,36,41). The third-order valence-electron chi connectivity index (χ3n) is 7.89.